The maximum absolute atomic E-state index is 5.69. The molecular weight excluding hydrogens is 254 g/mol. The minimum Gasteiger partial charge on any atom is -0.384 e. The number of nitrogens with zero attached hydrogens (tertiary/aromatic N) is 6. The number of aliphatic imine (C=N–C) groups is 1. The average molecular weight is 273 g/mol. The molecule has 0 radical (unpaired) electrons. The molecular formula is C13H19N7. The molecule has 1 unspecified atom stereocenters. The fraction of sp³-hybridized carbons (Fsp3) is 0.538. The predicted molar refractivity (Wildman–Crippen MR) is 77.4 cm³/mol. The van der Waals surface area contributed by atoms with Crippen LogP contribution in [0, 0.1) is 5.92 Å². The first-order chi connectivity index (χ1) is 9.63. The summed E-state index contributed by atoms with van der Waals surface area (Å²) < 4.78 is 0. The molecule has 0 fully saturated rings. The van der Waals surface area contributed by atoms with Gasteiger partial charge in [0.15, 0.2) is 0 Å². The zero-order valence-corrected chi connectivity index (χ0v) is 11.8. The van der Waals surface area contributed by atoms with E-state index in [1.807, 2.05) is 6.08 Å². The summed E-state index contributed by atoms with van der Waals surface area (Å²) in [7, 11) is 1.78. The van der Waals surface area contributed by atoms with Crippen LogP contribution in [-0.2, 0) is 7.05 Å². The molecule has 3 rings (SSSR count). The van der Waals surface area contributed by atoms with Crippen LogP contribution in [0.5, 0.6) is 0 Å². The molecule has 0 aromatic carbocycles. The molecule has 1 atom stereocenters. The number of dihydropyridines is 1. The fourth-order valence-electron chi connectivity index (χ4n) is 2.65. The molecule has 3 heterocycles. The van der Waals surface area contributed by atoms with E-state index < -0.39 is 0 Å². The quantitative estimate of drug-likeness (QED) is 0.782. The summed E-state index contributed by atoms with van der Waals surface area (Å²) >= 11 is 0. The van der Waals surface area contributed by atoms with E-state index in [9.17, 15) is 0 Å². The number of aryl methyl sites for hydroxylation is 1. The van der Waals surface area contributed by atoms with Crippen LogP contribution in [-0.4, -0.2) is 45.7 Å². The van der Waals surface area contributed by atoms with Gasteiger partial charge in [0.1, 0.15) is 5.84 Å². The zero-order chi connectivity index (χ0) is 14.1. The van der Waals surface area contributed by atoms with E-state index in [0.29, 0.717) is 17.7 Å². The van der Waals surface area contributed by atoms with Gasteiger partial charge >= 0.3 is 0 Å². The van der Waals surface area contributed by atoms with E-state index in [4.69, 9.17) is 5.73 Å². The van der Waals surface area contributed by atoms with Crippen LogP contribution in [0.2, 0.25) is 0 Å². The molecule has 1 aromatic rings. The first kappa shape index (κ1) is 12.8. The van der Waals surface area contributed by atoms with Crippen LogP contribution in [0.3, 0.4) is 0 Å². The van der Waals surface area contributed by atoms with Crippen molar-refractivity contribution in [1.29, 1.82) is 0 Å². The van der Waals surface area contributed by atoms with Gasteiger partial charge in [-0.05, 0) is 30.2 Å². The standard InChI is InChI=1S/C13H19N7/c1-9-5-6-20(13-16-18-19(2)17-13)8-11(9)10-3-4-12(14)15-7-10/h3-4,10H,5-8H2,1-2H3,(H2,14,15). The second-order valence-corrected chi connectivity index (χ2v) is 5.29. The third-order valence-corrected chi connectivity index (χ3v) is 3.86. The summed E-state index contributed by atoms with van der Waals surface area (Å²) in [5, 5.41) is 12.3. The average Bonchev–Trinajstić information content (AvgIpc) is 2.87. The molecule has 1 aromatic heterocycles. The van der Waals surface area contributed by atoms with Crippen LogP contribution >= 0.6 is 0 Å². The molecule has 0 spiro atoms. The largest absolute Gasteiger partial charge is 0.384 e. The molecule has 0 bridgehead atoms. The van der Waals surface area contributed by atoms with Crippen molar-refractivity contribution < 1.29 is 0 Å². The van der Waals surface area contributed by atoms with Crippen LogP contribution < -0.4 is 10.6 Å². The van der Waals surface area contributed by atoms with Crippen molar-refractivity contribution in [3.05, 3.63) is 23.3 Å². The van der Waals surface area contributed by atoms with Crippen molar-refractivity contribution in [1.82, 2.24) is 20.2 Å². The lowest BCUT2D eigenvalue weighted by molar-refractivity contribution is 0.624. The van der Waals surface area contributed by atoms with Gasteiger partial charge in [0.2, 0.25) is 0 Å². The number of rotatable bonds is 2. The highest BCUT2D eigenvalue weighted by Gasteiger charge is 2.25. The van der Waals surface area contributed by atoms with Crippen LogP contribution in [0.15, 0.2) is 28.3 Å². The van der Waals surface area contributed by atoms with Crippen molar-refractivity contribution in [2.75, 3.05) is 24.5 Å². The SMILES string of the molecule is CC1=C(C2C=CC(N)=NC2)CN(c2nnn(C)n2)CC1. The third kappa shape index (κ3) is 2.43. The summed E-state index contributed by atoms with van der Waals surface area (Å²) in [4.78, 5) is 7.99. The van der Waals surface area contributed by atoms with Crippen LogP contribution in [0.4, 0.5) is 5.95 Å². The number of hydrogen-bond acceptors (Lipinski definition) is 6. The molecule has 2 aliphatic heterocycles. The Bertz CT molecular complexity index is 596. The van der Waals surface area contributed by atoms with Gasteiger partial charge in [-0.1, -0.05) is 16.7 Å². The topological polar surface area (TPSA) is 85.2 Å². The Labute approximate surface area is 117 Å². The highest BCUT2D eigenvalue weighted by Crippen LogP contribution is 2.27. The molecule has 7 nitrogen and oxygen atoms in total. The van der Waals surface area contributed by atoms with Crippen molar-refractivity contribution in [3.63, 3.8) is 0 Å². The van der Waals surface area contributed by atoms with E-state index in [-0.39, 0.29) is 0 Å². The molecule has 0 saturated heterocycles. The Morgan fingerprint density at radius 3 is 2.90 bits per heavy atom. The minimum absolute atomic E-state index is 0.335. The van der Waals surface area contributed by atoms with Gasteiger partial charge < -0.3 is 10.6 Å². The highest BCUT2D eigenvalue weighted by atomic mass is 15.6. The molecule has 0 aliphatic carbocycles. The zero-order valence-electron chi connectivity index (χ0n) is 11.8. The molecule has 106 valence electrons. The highest BCUT2D eigenvalue weighted by molar-refractivity contribution is 5.92. The minimum atomic E-state index is 0.335. The second kappa shape index (κ2) is 5.07. The number of hydrogen-bond donors (Lipinski definition) is 1. The smallest absolute Gasteiger partial charge is 0.266 e. The first-order valence-electron chi connectivity index (χ1n) is 6.79. The number of nitrogens with two attached hydrogens (primary N) is 1. The molecule has 0 amide bonds. The summed E-state index contributed by atoms with van der Waals surface area (Å²) in [5.74, 6) is 1.64. The summed E-state index contributed by atoms with van der Waals surface area (Å²) in [6.45, 7) is 4.70. The maximum atomic E-state index is 5.69. The van der Waals surface area contributed by atoms with E-state index >= 15 is 0 Å². The first-order valence-corrected chi connectivity index (χ1v) is 6.79. The number of aromatic nitrogens is 4. The Morgan fingerprint density at radius 1 is 1.40 bits per heavy atom. The van der Waals surface area contributed by atoms with Gasteiger partial charge in [-0.25, -0.2) is 0 Å². The van der Waals surface area contributed by atoms with Crippen LogP contribution in [0.1, 0.15) is 13.3 Å². The lowest BCUT2D eigenvalue weighted by atomic mass is 9.89. The summed E-state index contributed by atoms with van der Waals surface area (Å²) in [6, 6.07) is 0. The van der Waals surface area contributed by atoms with E-state index in [1.165, 1.54) is 15.9 Å². The fourth-order valence-corrected chi connectivity index (χ4v) is 2.65. The van der Waals surface area contributed by atoms with E-state index in [2.05, 4.69) is 38.3 Å². The molecule has 20 heavy (non-hydrogen) atoms. The lowest BCUT2D eigenvalue weighted by Gasteiger charge is -2.32. The number of amidine groups is 1. The maximum Gasteiger partial charge on any atom is 0.266 e. The van der Waals surface area contributed by atoms with Gasteiger partial charge in [0.25, 0.3) is 5.95 Å². The van der Waals surface area contributed by atoms with Crippen molar-refractivity contribution in [2.24, 2.45) is 23.7 Å². The van der Waals surface area contributed by atoms with Gasteiger partial charge in [0, 0.05) is 19.0 Å². The second-order valence-electron chi connectivity index (χ2n) is 5.29. The van der Waals surface area contributed by atoms with Gasteiger partial charge in [-0.15, -0.1) is 5.10 Å². The Balaban J connectivity index is 1.79. The van der Waals surface area contributed by atoms with Gasteiger partial charge in [-0.2, -0.15) is 4.80 Å². The van der Waals surface area contributed by atoms with Gasteiger partial charge in [-0.3, -0.25) is 4.99 Å². The van der Waals surface area contributed by atoms with Crippen LogP contribution in [0.25, 0.3) is 0 Å². The number of anilines is 1. The summed E-state index contributed by atoms with van der Waals surface area (Å²) in [6.07, 6.45) is 5.07. The van der Waals surface area contributed by atoms with Crippen molar-refractivity contribution in [3.8, 4) is 0 Å². The van der Waals surface area contributed by atoms with Crippen molar-refractivity contribution >= 4 is 11.8 Å². The lowest BCUT2D eigenvalue weighted by Crippen LogP contribution is -2.35. The Hall–Kier alpha value is -2.18. The Kier molecular flexibility index (Phi) is 3.25. The predicted octanol–water partition coefficient (Wildman–Crippen LogP) is 0.280. The molecule has 2 aliphatic rings. The normalized spacial score (nSPS) is 23.2. The third-order valence-electron chi connectivity index (χ3n) is 3.86. The monoisotopic (exact) mass is 273 g/mol. The van der Waals surface area contributed by atoms with Gasteiger partial charge in [0.05, 0.1) is 13.6 Å². The Morgan fingerprint density at radius 2 is 2.25 bits per heavy atom. The van der Waals surface area contributed by atoms with E-state index in [1.54, 1.807) is 7.05 Å². The van der Waals surface area contributed by atoms with Crippen molar-refractivity contribution in [2.45, 2.75) is 13.3 Å². The van der Waals surface area contributed by atoms with E-state index in [0.717, 1.165) is 26.1 Å². The molecule has 7 heteroatoms. The summed E-state index contributed by atoms with van der Waals surface area (Å²) in [5.41, 5.74) is 8.53. The number of tetrazole rings is 1. The molecule has 0 saturated carbocycles. The molecule has 2 N–H and O–H groups in total.